The molecule has 0 amide bonds. The van der Waals surface area contributed by atoms with Crippen LogP contribution in [-0.2, 0) is 9.53 Å². The molecule has 0 spiro atoms. The van der Waals surface area contributed by atoms with E-state index in [1.54, 1.807) is 0 Å². The van der Waals surface area contributed by atoms with Gasteiger partial charge in [0.1, 0.15) is 6.10 Å². The Morgan fingerprint density at radius 3 is 2.80 bits per heavy atom. The van der Waals surface area contributed by atoms with Crippen LogP contribution >= 0.6 is 0 Å². The van der Waals surface area contributed by atoms with Crippen LogP contribution in [0.4, 0.5) is 0 Å². The molecule has 0 saturated carbocycles. The second-order valence-electron chi connectivity index (χ2n) is 3.69. The summed E-state index contributed by atoms with van der Waals surface area (Å²) in [6.45, 7) is 0. The van der Waals surface area contributed by atoms with Crippen molar-refractivity contribution in [1.29, 1.82) is 0 Å². The Labute approximate surface area is 89.6 Å². The Hall–Kier alpha value is -1.57. The smallest absolute Gasteiger partial charge is 0.306 e. The molecule has 2 nitrogen and oxygen atoms in total. The largest absolute Gasteiger partial charge is 0.458 e. The quantitative estimate of drug-likeness (QED) is 0.689. The molecule has 1 aromatic carbocycles. The number of cyclic esters (lactones) is 1. The molecule has 1 aromatic rings. The van der Waals surface area contributed by atoms with Gasteiger partial charge in [-0.15, -0.1) is 0 Å². The van der Waals surface area contributed by atoms with Crippen LogP contribution in [-0.4, -0.2) is 12.1 Å². The number of carbonyl (C=O) groups excluding carboxylic acids is 1. The summed E-state index contributed by atoms with van der Waals surface area (Å²) >= 11 is 0. The summed E-state index contributed by atoms with van der Waals surface area (Å²) in [5, 5.41) is 0. The first kappa shape index (κ1) is 9.97. The maximum absolute atomic E-state index is 11.0. The molecular formula is C13H14O2. The van der Waals surface area contributed by atoms with Gasteiger partial charge < -0.3 is 4.74 Å². The third kappa shape index (κ3) is 2.94. The minimum Gasteiger partial charge on any atom is -0.458 e. The van der Waals surface area contributed by atoms with E-state index in [-0.39, 0.29) is 12.1 Å². The molecular weight excluding hydrogens is 188 g/mol. The standard InChI is InChI=1S/C13H14O2/c14-13-8-4-7-12(15-13)10-9-11-5-2-1-3-6-11/h1-3,5-6,9-10,12H,4,7-8H2/b10-9+/t12-/m1/s1. The van der Waals surface area contributed by atoms with Crippen molar-refractivity contribution in [3.05, 3.63) is 42.0 Å². The fourth-order valence-corrected chi connectivity index (χ4v) is 1.65. The lowest BCUT2D eigenvalue weighted by Crippen LogP contribution is -2.21. The minimum absolute atomic E-state index is 0.0357. The average molecular weight is 202 g/mol. The Morgan fingerprint density at radius 1 is 1.27 bits per heavy atom. The molecule has 2 heteroatoms. The summed E-state index contributed by atoms with van der Waals surface area (Å²) in [4.78, 5) is 11.0. The summed E-state index contributed by atoms with van der Waals surface area (Å²) in [6.07, 6.45) is 6.37. The van der Waals surface area contributed by atoms with Crippen LogP contribution in [0.15, 0.2) is 36.4 Å². The van der Waals surface area contributed by atoms with Crippen molar-refractivity contribution in [2.75, 3.05) is 0 Å². The maximum Gasteiger partial charge on any atom is 0.306 e. The van der Waals surface area contributed by atoms with Gasteiger partial charge in [0, 0.05) is 6.42 Å². The van der Waals surface area contributed by atoms with E-state index in [1.165, 1.54) is 0 Å². The van der Waals surface area contributed by atoms with Crippen LogP contribution in [0.1, 0.15) is 24.8 Å². The van der Waals surface area contributed by atoms with E-state index in [1.807, 2.05) is 42.5 Å². The molecule has 0 aromatic heterocycles. The topological polar surface area (TPSA) is 26.3 Å². The van der Waals surface area contributed by atoms with Gasteiger partial charge in [-0.1, -0.05) is 36.4 Å². The minimum atomic E-state index is -0.0797. The highest BCUT2D eigenvalue weighted by molar-refractivity contribution is 5.70. The molecule has 2 rings (SSSR count). The molecule has 1 fully saturated rings. The van der Waals surface area contributed by atoms with Crippen LogP contribution in [0.5, 0.6) is 0 Å². The van der Waals surface area contributed by atoms with Crippen LogP contribution in [0.3, 0.4) is 0 Å². The van der Waals surface area contributed by atoms with Gasteiger partial charge in [0.2, 0.25) is 0 Å². The van der Waals surface area contributed by atoms with Gasteiger partial charge in [-0.2, -0.15) is 0 Å². The van der Waals surface area contributed by atoms with Crippen molar-refractivity contribution in [1.82, 2.24) is 0 Å². The highest BCUT2D eigenvalue weighted by Gasteiger charge is 2.17. The van der Waals surface area contributed by atoms with Crippen molar-refractivity contribution in [2.24, 2.45) is 0 Å². The summed E-state index contributed by atoms with van der Waals surface area (Å²) in [6, 6.07) is 10.0. The van der Waals surface area contributed by atoms with E-state index < -0.39 is 0 Å². The lowest BCUT2D eigenvalue weighted by atomic mass is 10.1. The van der Waals surface area contributed by atoms with Gasteiger partial charge in [-0.25, -0.2) is 0 Å². The molecule has 0 unspecified atom stereocenters. The number of benzene rings is 1. The summed E-state index contributed by atoms with van der Waals surface area (Å²) in [7, 11) is 0. The Morgan fingerprint density at radius 2 is 2.07 bits per heavy atom. The SMILES string of the molecule is O=C1CCC[C@H](/C=C/c2ccccc2)O1. The van der Waals surface area contributed by atoms with Crippen molar-refractivity contribution in [2.45, 2.75) is 25.4 Å². The molecule has 1 atom stereocenters. The zero-order valence-electron chi connectivity index (χ0n) is 8.56. The fourth-order valence-electron chi connectivity index (χ4n) is 1.65. The van der Waals surface area contributed by atoms with Gasteiger partial charge >= 0.3 is 5.97 Å². The fraction of sp³-hybridized carbons (Fsp3) is 0.308. The van der Waals surface area contributed by atoms with Gasteiger partial charge in [-0.05, 0) is 24.5 Å². The molecule has 0 bridgehead atoms. The number of rotatable bonds is 2. The van der Waals surface area contributed by atoms with Crippen LogP contribution in [0, 0.1) is 0 Å². The molecule has 1 aliphatic heterocycles. The summed E-state index contributed by atoms with van der Waals surface area (Å²) in [5.41, 5.74) is 1.14. The van der Waals surface area contributed by atoms with Gasteiger partial charge in [0.25, 0.3) is 0 Å². The monoisotopic (exact) mass is 202 g/mol. The number of carbonyl (C=O) groups is 1. The summed E-state index contributed by atoms with van der Waals surface area (Å²) < 4.78 is 5.18. The van der Waals surface area contributed by atoms with Crippen molar-refractivity contribution in [3.8, 4) is 0 Å². The highest BCUT2D eigenvalue weighted by Crippen LogP contribution is 2.16. The van der Waals surface area contributed by atoms with Gasteiger partial charge in [0.15, 0.2) is 0 Å². The highest BCUT2D eigenvalue weighted by atomic mass is 16.5. The molecule has 15 heavy (non-hydrogen) atoms. The van der Waals surface area contributed by atoms with Crippen LogP contribution in [0.25, 0.3) is 6.08 Å². The molecule has 0 radical (unpaired) electrons. The lowest BCUT2D eigenvalue weighted by molar-refractivity contribution is -0.150. The number of esters is 1. The van der Waals surface area contributed by atoms with Gasteiger partial charge in [-0.3, -0.25) is 4.79 Å². The van der Waals surface area contributed by atoms with E-state index in [2.05, 4.69) is 0 Å². The second kappa shape index (κ2) is 4.78. The first-order valence-electron chi connectivity index (χ1n) is 5.27. The molecule has 1 heterocycles. The Balaban J connectivity index is 1.96. The van der Waals surface area contributed by atoms with Crippen molar-refractivity contribution < 1.29 is 9.53 Å². The van der Waals surface area contributed by atoms with E-state index in [9.17, 15) is 4.79 Å². The number of ether oxygens (including phenoxy) is 1. The maximum atomic E-state index is 11.0. The second-order valence-corrected chi connectivity index (χ2v) is 3.69. The van der Waals surface area contributed by atoms with E-state index in [0.717, 1.165) is 18.4 Å². The van der Waals surface area contributed by atoms with E-state index >= 15 is 0 Å². The zero-order valence-corrected chi connectivity index (χ0v) is 8.56. The molecule has 0 aliphatic carbocycles. The molecule has 1 saturated heterocycles. The summed E-state index contributed by atoms with van der Waals surface area (Å²) in [5.74, 6) is -0.0797. The number of hydrogen-bond donors (Lipinski definition) is 0. The predicted molar refractivity (Wildman–Crippen MR) is 59.2 cm³/mol. The van der Waals surface area contributed by atoms with Crippen LogP contribution < -0.4 is 0 Å². The molecule has 0 N–H and O–H groups in total. The molecule has 78 valence electrons. The average Bonchev–Trinajstić information content (AvgIpc) is 2.28. The Bertz CT molecular complexity index is 354. The lowest BCUT2D eigenvalue weighted by Gasteiger charge is -2.18. The predicted octanol–water partition coefficient (Wildman–Crippen LogP) is 2.80. The van der Waals surface area contributed by atoms with E-state index in [4.69, 9.17) is 4.74 Å². The van der Waals surface area contributed by atoms with Crippen LogP contribution in [0.2, 0.25) is 0 Å². The first-order chi connectivity index (χ1) is 7.34. The number of hydrogen-bond acceptors (Lipinski definition) is 2. The molecule has 1 aliphatic rings. The van der Waals surface area contributed by atoms with Crippen molar-refractivity contribution >= 4 is 12.0 Å². The van der Waals surface area contributed by atoms with Gasteiger partial charge in [0.05, 0.1) is 0 Å². The Kier molecular flexibility index (Phi) is 3.18. The first-order valence-corrected chi connectivity index (χ1v) is 5.27. The normalized spacial score (nSPS) is 21.6. The zero-order chi connectivity index (χ0) is 10.5. The third-order valence-corrected chi connectivity index (χ3v) is 2.46. The third-order valence-electron chi connectivity index (χ3n) is 2.46. The van der Waals surface area contributed by atoms with Crippen molar-refractivity contribution in [3.63, 3.8) is 0 Å². The van der Waals surface area contributed by atoms with E-state index in [0.29, 0.717) is 6.42 Å².